The SMILES string of the molecule is CCSc1nnc(-c2ccc(Cl)cc2)c(=O)n1C(=O)N(C)C. The molecule has 0 unspecified atom stereocenters. The Bertz CT molecular complexity index is 743. The van der Waals surface area contributed by atoms with Crippen molar-refractivity contribution in [1.29, 1.82) is 0 Å². The summed E-state index contributed by atoms with van der Waals surface area (Å²) in [5, 5.41) is 8.84. The number of hydrogen-bond donors (Lipinski definition) is 0. The Labute approximate surface area is 137 Å². The van der Waals surface area contributed by atoms with Crippen molar-refractivity contribution in [2.45, 2.75) is 12.1 Å². The van der Waals surface area contributed by atoms with Crippen LogP contribution in [0.25, 0.3) is 11.3 Å². The minimum atomic E-state index is -0.494. The van der Waals surface area contributed by atoms with E-state index in [9.17, 15) is 9.59 Å². The van der Waals surface area contributed by atoms with E-state index >= 15 is 0 Å². The number of carbonyl (C=O) groups is 1. The van der Waals surface area contributed by atoms with Crippen LogP contribution in [0.1, 0.15) is 6.92 Å². The molecule has 0 N–H and O–H groups in total. The number of rotatable bonds is 3. The lowest BCUT2D eigenvalue weighted by Gasteiger charge is -2.15. The van der Waals surface area contributed by atoms with E-state index in [2.05, 4.69) is 10.2 Å². The van der Waals surface area contributed by atoms with Gasteiger partial charge in [0.2, 0.25) is 5.16 Å². The predicted molar refractivity (Wildman–Crippen MR) is 87.6 cm³/mol. The molecule has 0 saturated heterocycles. The molecule has 0 spiro atoms. The highest BCUT2D eigenvalue weighted by atomic mass is 35.5. The largest absolute Gasteiger partial charge is 0.332 e. The molecule has 0 aliphatic carbocycles. The Morgan fingerprint density at radius 2 is 1.91 bits per heavy atom. The number of aromatic nitrogens is 3. The van der Waals surface area contributed by atoms with E-state index in [1.54, 1.807) is 38.4 Å². The lowest BCUT2D eigenvalue weighted by atomic mass is 10.2. The van der Waals surface area contributed by atoms with Crippen LogP contribution < -0.4 is 5.56 Å². The smallest absolute Gasteiger partial charge is 0.330 e. The molecule has 0 fully saturated rings. The fraction of sp³-hybridized carbons (Fsp3) is 0.286. The molecule has 8 heteroatoms. The molecule has 2 aromatic rings. The second kappa shape index (κ2) is 6.93. The second-order valence-corrected chi connectivity index (χ2v) is 6.26. The fourth-order valence-corrected chi connectivity index (χ4v) is 2.53. The summed E-state index contributed by atoms with van der Waals surface area (Å²) in [6.45, 7) is 1.91. The molecule has 0 atom stereocenters. The molecule has 0 bridgehead atoms. The molecule has 0 aliphatic rings. The topological polar surface area (TPSA) is 68.1 Å². The van der Waals surface area contributed by atoms with Crippen molar-refractivity contribution in [3.05, 3.63) is 39.6 Å². The Morgan fingerprint density at radius 1 is 1.27 bits per heavy atom. The number of thioether (sulfide) groups is 1. The Morgan fingerprint density at radius 3 is 2.45 bits per heavy atom. The van der Waals surface area contributed by atoms with E-state index in [4.69, 9.17) is 11.6 Å². The van der Waals surface area contributed by atoms with Crippen LogP contribution in [0.5, 0.6) is 0 Å². The zero-order valence-electron chi connectivity index (χ0n) is 12.4. The molecule has 2 rings (SSSR count). The lowest BCUT2D eigenvalue weighted by molar-refractivity contribution is 0.215. The number of hydrogen-bond acceptors (Lipinski definition) is 5. The molecule has 0 saturated carbocycles. The van der Waals surface area contributed by atoms with Gasteiger partial charge in [0.05, 0.1) is 0 Å². The maximum absolute atomic E-state index is 12.7. The summed E-state index contributed by atoms with van der Waals surface area (Å²) in [4.78, 5) is 26.3. The van der Waals surface area contributed by atoms with Crippen LogP contribution in [0, 0.1) is 0 Å². The Hall–Kier alpha value is -1.86. The number of carbonyl (C=O) groups excluding carboxylic acids is 1. The van der Waals surface area contributed by atoms with Gasteiger partial charge in [-0.15, -0.1) is 10.2 Å². The number of halogens is 1. The van der Waals surface area contributed by atoms with Crippen LogP contribution in [-0.2, 0) is 0 Å². The normalized spacial score (nSPS) is 10.5. The van der Waals surface area contributed by atoms with Gasteiger partial charge in [0, 0.05) is 24.7 Å². The molecular weight excluding hydrogens is 324 g/mol. The Kier molecular flexibility index (Phi) is 5.20. The van der Waals surface area contributed by atoms with Gasteiger partial charge >= 0.3 is 6.03 Å². The molecule has 1 aromatic carbocycles. The van der Waals surface area contributed by atoms with Crippen LogP contribution in [0.3, 0.4) is 0 Å². The van der Waals surface area contributed by atoms with E-state index in [-0.39, 0.29) is 10.9 Å². The Balaban J connectivity index is 2.64. The second-order valence-electron chi connectivity index (χ2n) is 4.59. The van der Waals surface area contributed by atoms with Crippen molar-refractivity contribution in [3.63, 3.8) is 0 Å². The first-order valence-electron chi connectivity index (χ1n) is 6.55. The van der Waals surface area contributed by atoms with Crippen molar-refractivity contribution < 1.29 is 4.79 Å². The average molecular weight is 339 g/mol. The summed E-state index contributed by atoms with van der Waals surface area (Å²) in [5.41, 5.74) is 0.189. The van der Waals surface area contributed by atoms with Crippen LogP contribution >= 0.6 is 23.4 Å². The van der Waals surface area contributed by atoms with Gasteiger partial charge in [0.1, 0.15) is 0 Å². The van der Waals surface area contributed by atoms with Gasteiger partial charge in [-0.1, -0.05) is 42.4 Å². The lowest BCUT2D eigenvalue weighted by Crippen LogP contribution is -2.38. The molecular formula is C14H15ClN4O2S. The number of benzene rings is 1. The molecule has 6 nitrogen and oxygen atoms in total. The molecule has 1 aromatic heterocycles. The van der Waals surface area contributed by atoms with Crippen LogP contribution in [0.2, 0.25) is 5.02 Å². The zero-order valence-corrected chi connectivity index (χ0v) is 14.0. The van der Waals surface area contributed by atoms with Gasteiger partial charge in [-0.05, 0) is 17.9 Å². The van der Waals surface area contributed by atoms with Crippen LogP contribution in [0.15, 0.2) is 34.2 Å². The standard InChI is InChI=1S/C14H15ClN4O2S/c1-4-22-13-17-16-11(9-5-7-10(15)8-6-9)12(20)19(13)14(21)18(2)3/h5-8H,4H2,1-3H3. The summed E-state index contributed by atoms with van der Waals surface area (Å²) < 4.78 is 1.05. The third-order valence-corrected chi connectivity index (χ3v) is 3.86. The summed E-state index contributed by atoms with van der Waals surface area (Å²) >= 11 is 7.13. The minimum Gasteiger partial charge on any atom is -0.330 e. The predicted octanol–water partition coefficient (Wildman–Crippen LogP) is 2.60. The molecule has 0 aliphatic heterocycles. The minimum absolute atomic E-state index is 0.118. The van der Waals surface area contributed by atoms with Crippen molar-refractivity contribution in [1.82, 2.24) is 19.7 Å². The van der Waals surface area contributed by atoms with Gasteiger partial charge in [-0.3, -0.25) is 4.79 Å². The fourth-order valence-electron chi connectivity index (χ4n) is 1.75. The number of nitrogens with zero attached hydrogens (tertiary/aromatic N) is 4. The number of amides is 1. The van der Waals surface area contributed by atoms with Crippen LogP contribution in [-0.4, -0.2) is 45.5 Å². The first-order valence-corrected chi connectivity index (χ1v) is 7.92. The van der Waals surface area contributed by atoms with Gasteiger partial charge in [-0.25, -0.2) is 9.36 Å². The quantitative estimate of drug-likeness (QED) is 0.805. The van der Waals surface area contributed by atoms with Crippen molar-refractivity contribution in [2.75, 3.05) is 19.8 Å². The summed E-state index contributed by atoms with van der Waals surface area (Å²) in [5.74, 6) is 0.676. The van der Waals surface area contributed by atoms with Gasteiger partial charge in [0.15, 0.2) is 5.69 Å². The van der Waals surface area contributed by atoms with E-state index in [1.807, 2.05) is 6.92 Å². The maximum Gasteiger partial charge on any atom is 0.332 e. The third-order valence-electron chi connectivity index (χ3n) is 2.80. The van der Waals surface area contributed by atoms with Gasteiger partial charge < -0.3 is 4.90 Å². The monoisotopic (exact) mass is 338 g/mol. The molecule has 116 valence electrons. The van der Waals surface area contributed by atoms with E-state index < -0.39 is 11.6 Å². The highest BCUT2D eigenvalue weighted by molar-refractivity contribution is 7.99. The van der Waals surface area contributed by atoms with Crippen molar-refractivity contribution in [2.24, 2.45) is 0 Å². The van der Waals surface area contributed by atoms with Crippen molar-refractivity contribution in [3.8, 4) is 11.3 Å². The summed E-state index contributed by atoms with van der Waals surface area (Å²) in [6.07, 6.45) is 0. The van der Waals surface area contributed by atoms with Crippen LogP contribution in [0.4, 0.5) is 4.79 Å². The molecule has 1 heterocycles. The molecule has 0 radical (unpaired) electrons. The first-order chi connectivity index (χ1) is 10.5. The van der Waals surface area contributed by atoms with E-state index in [0.717, 1.165) is 4.57 Å². The summed E-state index contributed by atoms with van der Waals surface area (Å²) in [7, 11) is 3.16. The zero-order chi connectivity index (χ0) is 16.3. The van der Waals surface area contributed by atoms with Gasteiger partial charge in [-0.2, -0.15) is 0 Å². The summed E-state index contributed by atoms with van der Waals surface area (Å²) in [6, 6.07) is 6.21. The van der Waals surface area contributed by atoms with E-state index in [1.165, 1.54) is 16.7 Å². The molecule has 22 heavy (non-hydrogen) atoms. The van der Waals surface area contributed by atoms with E-state index in [0.29, 0.717) is 16.3 Å². The maximum atomic E-state index is 12.7. The molecule has 1 amide bonds. The van der Waals surface area contributed by atoms with Gasteiger partial charge in [0.25, 0.3) is 5.56 Å². The third kappa shape index (κ3) is 3.31. The highest BCUT2D eigenvalue weighted by Crippen LogP contribution is 2.19. The average Bonchev–Trinajstić information content (AvgIpc) is 2.48. The van der Waals surface area contributed by atoms with Crippen molar-refractivity contribution >= 4 is 29.4 Å². The first kappa shape index (κ1) is 16.5. The highest BCUT2D eigenvalue weighted by Gasteiger charge is 2.20.